The van der Waals surface area contributed by atoms with Gasteiger partial charge >= 0.3 is 5.97 Å². The molecule has 114 valence electrons. The summed E-state index contributed by atoms with van der Waals surface area (Å²) in [6, 6.07) is 20.1. The molecular formula is C18H20O3Si. The van der Waals surface area contributed by atoms with Crippen LogP contribution in [0.2, 0.25) is 6.55 Å². The number of carbonyl (C=O) groups is 1. The molecule has 0 heterocycles. The fraction of sp³-hybridized carbons (Fsp3) is 0.167. The smallest absolute Gasteiger partial charge is 0.335 e. The first-order valence-corrected chi connectivity index (χ1v) is 9.52. The molecule has 0 aliphatic carbocycles. The van der Waals surface area contributed by atoms with Crippen molar-refractivity contribution in [2.24, 2.45) is 0 Å². The summed E-state index contributed by atoms with van der Waals surface area (Å²) in [7, 11) is -2.41. The molecule has 0 aliphatic heterocycles. The van der Waals surface area contributed by atoms with Crippen molar-refractivity contribution in [2.45, 2.75) is 13.5 Å². The van der Waals surface area contributed by atoms with Crippen molar-refractivity contribution in [1.82, 2.24) is 0 Å². The molecule has 0 fully saturated rings. The molecule has 0 bridgehead atoms. The SMILES string of the molecule is C=C(C)C(=O)OCO[Si](C)(c1ccccc1)c1ccccc1. The third-order valence-corrected chi connectivity index (χ3v) is 7.10. The zero-order valence-corrected chi connectivity index (χ0v) is 13.9. The number of rotatable bonds is 6. The van der Waals surface area contributed by atoms with Gasteiger partial charge < -0.3 is 9.16 Å². The van der Waals surface area contributed by atoms with Crippen LogP contribution in [0.25, 0.3) is 0 Å². The lowest BCUT2D eigenvalue weighted by atomic mass is 10.4. The normalized spacial score (nSPS) is 11.0. The summed E-state index contributed by atoms with van der Waals surface area (Å²) < 4.78 is 11.2. The molecule has 0 N–H and O–H groups in total. The molecule has 0 atom stereocenters. The summed E-state index contributed by atoms with van der Waals surface area (Å²) >= 11 is 0. The molecule has 3 nitrogen and oxygen atoms in total. The summed E-state index contributed by atoms with van der Waals surface area (Å²) in [5.41, 5.74) is 0.367. The van der Waals surface area contributed by atoms with Crippen molar-refractivity contribution < 1.29 is 14.0 Å². The van der Waals surface area contributed by atoms with Crippen LogP contribution in [0.5, 0.6) is 0 Å². The second-order valence-corrected chi connectivity index (χ2v) is 8.75. The zero-order valence-electron chi connectivity index (χ0n) is 12.9. The Kier molecular flexibility index (Phi) is 5.30. The van der Waals surface area contributed by atoms with Gasteiger partial charge in [0.15, 0.2) is 6.79 Å². The summed E-state index contributed by atoms with van der Waals surface area (Å²) in [6.07, 6.45) is 0. The third-order valence-electron chi connectivity index (χ3n) is 3.54. The van der Waals surface area contributed by atoms with Crippen LogP contribution < -0.4 is 10.4 Å². The van der Waals surface area contributed by atoms with Crippen LogP contribution in [-0.2, 0) is 14.0 Å². The minimum atomic E-state index is -2.41. The number of carbonyl (C=O) groups excluding carboxylic acids is 1. The highest BCUT2D eigenvalue weighted by Crippen LogP contribution is 2.08. The molecule has 2 rings (SSSR count). The van der Waals surface area contributed by atoms with Crippen molar-refractivity contribution >= 4 is 24.7 Å². The number of benzene rings is 2. The van der Waals surface area contributed by atoms with Crippen molar-refractivity contribution in [3.8, 4) is 0 Å². The Balaban J connectivity index is 2.23. The Morgan fingerprint density at radius 3 is 1.86 bits per heavy atom. The maximum absolute atomic E-state index is 11.5. The van der Waals surface area contributed by atoms with E-state index in [0.717, 1.165) is 10.4 Å². The first-order valence-electron chi connectivity index (χ1n) is 7.11. The molecule has 0 aliphatic rings. The standard InChI is InChI=1S/C18H20O3Si/c1-15(2)18(19)20-14-21-22(3,16-10-6-4-7-11-16)17-12-8-5-9-13-17/h4-13H,1,14H2,2-3H3. The largest absolute Gasteiger partial charge is 0.436 e. The molecular weight excluding hydrogens is 292 g/mol. The van der Waals surface area contributed by atoms with Gasteiger partial charge in [0, 0.05) is 5.57 Å². The second-order valence-electron chi connectivity index (χ2n) is 5.24. The van der Waals surface area contributed by atoms with Crippen molar-refractivity contribution in [3.05, 3.63) is 72.8 Å². The van der Waals surface area contributed by atoms with Crippen LogP contribution in [0.3, 0.4) is 0 Å². The van der Waals surface area contributed by atoms with Gasteiger partial charge in [0.05, 0.1) is 0 Å². The van der Waals surface area contributed by atoms with Crippen molar-refractivity contribution in [3.63, 3.8) is 0 Å². The highest BCUT2D eigenvalue weighted by Gasteiger charge is 2.34. The first kappa shape index (κ1) is 16.2. The van der Waals surface area contributed by atoms with Gasteiger partial charge in [-0.25, -0.2) is 4.79 Å². The molecule has 0 amide bonds. The second kappa shape index (κ2) is 7.20. The predicted molar refractivity (Wildman–Crippen MR) is 90.6 cm³/mol. The fourth-order valence-corrected chi connectivity index (χ4v) is 4.79. The Bertz CT molecular complexity index is 598. The molecule has 0 saturated carbocycles. The summed E-state index contributed by atoms with van der Waals surface area (Å²) in [4.78, 5) is 11.5. The van der Waals surface area contributed by atoms with Crippen molar-refractivity contribution in [1.29, 1.82) is 0 Å². The Morgan fingerprint density at radius 1 is 1.00 bits per heavy atom. The lowest BCUT2D eigenvalue weighted by Crippen LogP contribution is -2.58. The van der Waals surface area contributed by atoms with E-state index in [2.05, 4.69) is 37.4 Å². The van der Waals surface area contributed by atoms with Crippen LogP contribution in [0.15, 0.2) is 72.8 Å². The van der Waals surface area contributed by atoms with Crippen molar-refractivity contribution in [2.75, 3.05) is 6.79 Å². The molecule has 22 heavy (non-hydrogen) atoms. The van der Waals surface area contributed by atoms with Crippen LogP contribution in [0, 0.1) is 0 Å². The molecule has 2 aromatic carbocycles. The van der Waals surface area contributed by atoms with Crippen LogP contribution in [-0.4, -0.2) is 21.1 Å². The quantitative estimate of drug-likeness (QED) is 0.356. The van der Waals surface area contributed by atoms with Gasteiger partial charge in [-0.3, -0.25) is 0 Å². The average Bonchev–Trinajstić information content (AvgIpc) is 2.56. The molecule has 0 spiro atoms. The van der Waals surface area contributed by atoms with Gasteiger partial charge in [0.2, 0.25) is 0 Å². The minimum Gasteiger partial charge on any atom is -0.436 e. The van der Waals surface area contributed by atoms with E-state index in [0.29, 0.717) is 5.57 Å². The van der Waals surface area contributed by atoms with Gasteiger partial charge in [-0.15, -0.1) is 0 Å². The van der Waals surface area contributed by atoms with E-state index in [1.807, 2.05) is 36.4 Å². The summed E-state index contributed by atoms with van der Waals surface area (Å²) in [5.74, 6) is -0.433. The number of esters is 1. The monoisotopic (exact) mass is 312 g/mol. The van der Waals surface area contributed by atoms with E-state index < -0.39 is 14.3 Å². The van der Waals surface area contributed by atoms with Gasteiger partial charge in [-0.05, 0) is 23.8 Å². The van der Waals surface area contributed by atoms with Crippen LogP contribution in [0.1, 0.15) is 6.92 Å². The van der Waals surface area contributed by atoms with E-state index >= 15 is 0 Å². The molecule has 2 aromatic rings. The Morgan fingerprint density at radius 2 is 1.45 bits per heavy atom. The van der Waals surface area contributed by atoms with Crippen LogP contribution >= 0.6 is 0 Å². The fourth-order valence-electron chi connectivity index (χ4n) is 2.17. The Labute approximate surface area is 132 Å². The van der Waals surface area contributed by atoms with Gasteiger partial charge in [-0.1, -0.05) is 67.2 Å². The molecule has 0 unspecified atom stereocenters. The third kappa shape index (κ3) is 3.72. The minimum absolute atomic E-state index is 0.0712. The molecule has 0 saturated heterocycles. The summed E-state index contributed by atoms with van der Waals surface area (Å²) in [5, 5.41) is 2.26. The van der Waals surface area contributed by atoms with Gasteiger partial charge in [0.25, 0.3) is 8.32 Å². The predicted octanol–water partition coefficient (Wildman–Crippen LogP) is 2.47. The van der Waals surface area contributed by atoms with Gasteiger partial charge in [-0.2, -0.15) is 0 Å². The van der Waals surface area contributed by atoms with E-state index in [4.69, 9.17) is 9.16 Å². The zero-order chi connectivity index (χ0) is 16.0. The Hall–Kier alpha value is -2.17. The highest BCUT2D eigenvalue weighted by atomic mass is 28.4. The number of hydrogen-bond donors (Lipinski definition) is 0. The van der Waals surface area contributed by atoms with Crippen LogP contribution in [0.4, 0.5) is 0 Å². The first-order chi connectivity index (χ1) is 10.5. The molecule has 0 radical (unpaired) electrons. The summed E-state index contributed by atoms with van der Waals surface area (Å²) in [6.45, 7) is 7.22. The number of ether oxygens (including phenoxy) is 1. The number of hydrogen-bond acceptors (Lipinski definition) is 3. The van der Waals surface area contributed by atoms with E-state index in [1.54, 1.807) is 6.92 Å². The molecule has 0 aromatic heterocycles. The average molecular weight is 312 g/mol. The van der Waals surface area contributed by atoms with E-state index in [1.165, 1.54) is 0 Å². The lowest BCUT2D eigenvalue weighted by molar-refractivity contribution is -0.145. The van der Waals surface area contributed by atoms with E-state index in [9.17, 15) is 4.79 Å². The molecule has 4 heteroatoms. The van der Waals surface area contributed by atoms with Gasteiger partial charge in [0.1, 0.15) is 0 Å². The maximum atomic E-state index is 11.5. The lowest BCUT2D eigenvalue weighted by Gasteiger charge is -2.28. The maximum Gasteiger partial charge on any atom is 0.335 e. The topological polar surface area (TPSA) is 35.5 Å². The van der Waals surface area contributed by atoms with E-state index in [-0.39, 0.29) is 6.79 Å². The highest BCUT2D eigenvalue weighted by molar-refractivity contribution is 6.96.